The van der Waals surface area contributed by atoms with Gasteiger partial charge in [0.05, 0.1) is 4.90 Å². The average Bonchev–Trinajstić information content (AvgIpc) is 3.15. The summed E-state index contributed by atoms with van der Waals surface area (Å²) in [5, 5.41) is 3.36. The van der Waals surface area contributed by atoms with Crippen LogP contribution in [0.15, 0.2) is 23.1 Å². The summed E-state index contributed by atoms with van der Waals surface area (Å²) in [6.45, 7) is 3.61. The molecule has 1 aromatic rings. The Morgan fingerprint density at radius 1 is 1.43 bits per heavy atom. The van der Waals surface area contributed by atoms with Gasteiger partial charge in [-0.2, -0.15) is 0 Å². The Balaban J connectivity index is 1.67. The number of carbonyl (C=O) groups excluding carboxylic acids is 1. The first-order valence-corrected chi connectivity index (χ1v) is 9.60. The molecule has 1 amide bonds. The van der Waals surface area contributed by atoms with Crippen LogP contribution in [0.25, 0.3) is 0 Å². The van der Waals surface area contributed by atoms with E-state index >= 15 is 0 Å². The Kier molecular flexibility index (Phi) is 4.70. The van der Waals surface area contributed by atoms with Gasteiger partial charge >= 0.3 is 0 Å². The molecule has 3 rings (SSSR count). The molecule has 1 aromatic carbocycles. The zero-order chi connectivity index (χ0) is 16.4. The van der Waals surface area contributed by atoms with Crippen molar-refractivity contribution in [3.05, 3.63) is 23.8 Å². The summed E-state index contributed by atoms with van der Waals surface area (Å²) in [7, 11) is -3.49. The van der Waals surface area contributed by atoms with E-state index in [4.69, 9.17) is 0 Å². The first-order chi connectivity index (χ1) is 11.0. The molecule has 2 aliphatic rings. The molecule has 2 N–H and O–H groups in total. The molecule has 7 heteroatoms. The first kappa shape index (κ1) is 16.4. The van der Waals surface area contributed by atoms with Crippen molar-refractivity contribution in [3.8, 4) is 0 Å². The Morgan fingerprint density at radius 2 is 2.26 bits per heavy atom. The largest absolute Gasteiger partial charge is 0.314 e. The lowest BCUT2D eigenvalue weighted by Crippen LogP contribution is -2.30. The summed E-state index contributed by atoms with van der Waals surface area (Å²) in [5.74, 6) is -0.0125. The smallest absolute Gasteiger partial charge is 0.240 e. The van der Waals surface area contributed by atoms with Crippen LogP contribution in [0, 0.1) is 0 Å². The minimum atomic E-state index is -3.49. The van der Waals surface area contributed by atoms with Gasteiger partial charge in [0.25, 0.3) is 0 Å². The lowest BCUT2D eigenvalue weighted by Gasteiger charge is -2.15. The summed E-state index contributed by atoms with van der Waals surface area (Å²) >= 11 is 0. The predicted octanol–water partition coefficient (Wildman–Crippen LogP) is 1.02. The molecule has 1 saturated heterocycles. The number of benzene rings is 1. The molecule has 126 valence electrons. The van der Waals surface area contributed by atoms with Crippen LogP contribution in [0.3, 0.4) is 0 Å². The van der Waals surface area contributed by atoms with Gasteiger partial charge in [0.1, 0.15) is 0 Å². The molecule has 1 atom stereocenters. The molecular weight excluding hydrogens is 314 g/mol. The summed E-state index contributed by atoms with van der Waals surface area (Å²) in [5.41, 5.74) is 1.74. The fourth-order valence-electron chi connectivity index (χ4n) is 3.33. The molecule has 2 heterocycles. The van der Waals surface area contributed by atoms with Crippen LogP contribution in [-0.2, 0) is 21.2 Å². The lowest BCUT2D eigenvalue weighted by molar-refractivity contribution is -0.116. The molecular formula is C16H23N3O3S. The molecule has 0 aliphatic carbocycles. The molecule has 0 bridgehead atoms. The molecule has 6 nitrogen and oxygen atoms in total. The van der Waals surface area contributed by atoms with Gasteiger partial charge in [-0.05, 0) is 56.0 Å². The van der Waals surface area contributed by atoms with E-state index in [0.29, 0.717) is 25.6 Å². The number of nitrogens with zero attached hydrogens (tertiary/aromatic N) is 1. The molecule has 0 saturated carbocycles. The van der Waals surface area contributed by atoms with Gasteiger partial charge in [0.15, 0.2) is 0 Å². The zero-order valence-electron chi connectivity index (χ0n) is 13.3. The van der Waals surface area contributed by atoms with Gasteiger partial charge in [-0.3, -0.25) is 4.79 Å². The standard InChI is InChI=1S/C16H23N3O3S/c1-12(20)19-10-7-13-11-15(4-5-16(13)19)23(21,22)18-9-6-14-3-2-8-17-14/h4-5,11,14,17-18H,2-3,6-10H2,1H3/t14-/m1/s1. The van der Waals surface area contributed by atoms with Crippen LogP contribution in [0.2, 0.25) is 0 Å². The third kappa shape index (κ3) is 3.57. The number of carbonyl (C=O) groups is 1. The maximum absolute atomic E-state index is 12.4. The number of hydrogen-bond acceptors (Lipinski definition) is 4. The normalized spacial score (nSPS) is 20.7. The van der Waals surface area contributed by atoms with Gasteiger partial charge in [-0.25, -0.2) is 13.1 Å². The first-order valence-electron chi connectivity index (χ1n) is 8.11. The SMILES string of the molecule is CC(=O)N1CCc2cc(S(=O)(=O)NCC[C@H]3CCCN3)ccc21. The third-order valence-electron chi connectivity index (χ3n) is 4.58. The van der Waals surface area contributed by atoms with E-state index in [1.165, 1.54) is 6.92 Å². The van der Waals surface area contributed by atoms with Crippen molar-refractivity contribution >= 4 is 21.6 Å². The average molecular weight is 337 g/mol. The number of anilines is 1. The minimum Gasteiger partial charge on any atom is -0.314 e. The van der Waals surface area contributed by atoms with E-state index in [1.807, 2.05) is 0 Å². The van der Waals surface area contributed by atoms with Crippen molar-refractivity contribution in [3.63, 3.8) is 0 Å². The van der Waals surface area contributed by atoms with E-state index in [9.17, 15) is 13.2 Å². The van der Waals surface area contributed by atoms with Crippen LogP contribution < -0.4 is 14.9 Å². The van der Waals surface area contributed by atoms with Gasteiger partial charge in [0, 0.05) is 31.7 Å². The highest BCUT2D eigenvalue weighted by atomic mass is 32.2. The predicted molar refractivity (Wildman–Crippen MR) is 89.0 cm³/mol. The van der Waals surface area contributed by atoms with Crippen molar-refractivity contribution in [2.24, 2.45) is 0 Å². The molecule has 2 aliphatic heterocycles. The van der Waals surface area contributed by atoms with Crippen molar-refractivity contribution in [1.29, 1.82) is 0 Å². The van der Waals surface area contributed by atoms with Gasteiger partial charge in [0.2, 0.25) is 15.9 Å². The Bertz CT molecular complexity index is 697. The zero-order valence-corrected chi connectivity index (χ0v) is 14.2. The molecule has 23 heavy (non-hydrogen) atoms. The van der Waals surface area contributed by atoms with Crippen LogP contribution in [0.5, 0.6) is 0 Å². The number of sulfonamides is 1. The second kappa shape index (κ2) is 6.59. The monoisotopic (exact) mass is 337 g/mol. The highest BCUT2D eigenvalue weighted by Crippen LogP contribution is 2.30. The van der Waals surface area contributed by atoms with Crippen LogP contribution in [0.4, 0.5) is 5.69 Å². The van der Waals surface area contributed by atoms with Gasteiger partial charge in [-0.1, -0.05) is 0 Å². The lowest BCUT2D eigenvalue weighted by atomic mass is 10.2. The Labute approximate surface area is 137 Å². The topological polar surface area (TPSA) is 78.5 Å². The van der Waals surface area contributed by atoms with Crippen LogP contribution in [0.1, 0.15) is 31.7 Å². The Morgan fingerprint density at radius 3 is 2.96 bits per heavy atom. The number of fused-ring (bicyclic) bond motifs is 1. The maximum atomic E-state index is 12.4. The third-order valence-corrected chi connectivity index (χ3v) is 6.04. The summed E-state index contributed by atoms with van der Waals surface area (Å²) in [4.78, 5) is 13.5. The van der Waals surface area contributed by atoms with E-state index in [-0.39, 0.29) is 10.8 Å². The number of amides is 1. The molecule has 0 unspecified atom stereocenters. The second-order valence-corrected chi connectivity index (χ2v) is 7.96. The summed E-state index contributed by atoms with van der Waals surface area (Å²) in [6, 6.07) is 5.42. The van der Waals surface area contributed by atoms with Crippen molar-refractivity contribution in [1.82, 2.24) is 10.0 Å². The second-order valence-electron chi connectivity index (χ2n) is 6.19. The quantitative estimate of drug-likeness (QED) is 0.841. The van der Waals surface area contributed by atoms with Gasteiger partial charge < -0.3 is 10.2 Å². The maximum Gasteiger partial charge on any atom is 0.240 e. The van der Waals surface area contributed by atoms with Crippen LogP contribution in [-0.4, -0.2) is 40.0 Å². The summed E-state index contributed by atoms with van der Waals surface area (Å²) in [6.07, 6.45) is 3.78. The molecule has 1 fully saturated rings. The van der Waals surface area contributed by atoms with E-state index < -0.39 is 10.0 Å². The van der Waals surface area contributed by atoms with Gasteiger partial charge in [-0.15, -0.1) is 0 Å². The fourth-order valence-corrected chi connectivity index (χ4v) is 4.42. The number of nitrogens with one attached hydrogen (secondary N) is 2. The van der Waals surface area contributed by atoms with Crippen molar-refractivity contribution < 1.29 is 13.2 Å². The highest BCUT2D eigenvalue weighted by Gasteiger charge is 2.25. The van der Waals surface area contributed by atoms with E-state index in [0.717, 1.165) is 37.1 Å². The molecule has 0 spiro atoms. The van der Waals surface area contributed by atoms with Crippen molar-refractivity contribution in [2.45, 2.75) is 43.5 Å². The van der Waals surface area contributed by atoms with Crippen LogP contribution >= 0.6 is 0 Å². The Hall–Kier alpha value is -1.44. The molecule has 0 radical (unpaired) electrons. The van der Waals surface area contributed by atoms with Crippen molar-refractivity contribution in [2.75, 3.05) is 24.5 Å². The van der Waals surface area contributed by atoms with E-state index in [1.54, 1.807) is 23.1 Å². The number of hydrogen-bond donors (Lipinski definition) is 2. The molecule has 0 aromatic heterocycles. The summed E-state index contributed by atoms with van der Waals surface area (Å²) < 4.78 is 27.5. The number of rotatable bonds is 5. The minimum absolute atomic E-state index is 0.0125. The van der Waals surface area contributed by atoms with E-state index in [2.05, 4.69) is 10.0 Å². The fraction of sp³-hybridized carbons (Fsp3) is 0.562. The highest BCUT2D eigenvalue weighted by molar-refractivity contribution is 7.89.